The van der Waals surface area contributed by atoms with E-state index in [1.165, 1.54) is 43.6 Å². The van der Waals surface area contributed by atoms with Crippen molar-refractivity contribution in [3.8, 4) is 0 Å². The first-order valence-corrected chi connectivity index (χ1v) is 10.7. The van der Waals surface area contributed by atoms with Gasteiger partial charge < -0.3 is 15.4 Å². The maximum atomic E-state index is 6.33. The Morgan fingerprint density at radius 3 is 2.50 bits per heavy atom. The van der Waals surface area contributed by atoms with Gasteiger partial charge in [-0.05, 0) is 26.7 Å². The zero-order chi connectivity index (χ0) is 17.0. The molecule has 0 unspecified atom stereocenters. The van der Waals surface area contributed by atoms with Gasteiger partial charge in [-0.2, -0.15) is 11.8 Å². The molecule has 24 heavy (non-hydrogen) atoms. The molecule has 0 aromatic carbocycles. The van der Waals surface area contributed by atoms with Crippen molar-refractivity contribution in [3.05, 3.63) is 0 Å². The van der Waals surface area contributed by atoms with E-state index in [0.29, 0.717) is 0 Å². The summed E-state index contributed by atoms with van der Waals surface area (Å²) in [7, 11) is 0. The standard InChI is InChI=1S/C18H34N4OS/c1-17(2)15-22(8-11-23-17)18(6-4-3-5-7-18)14-20-16(19)21-9-12-24-13-10-21/h3-15H2,1-2H3,(H2,19,20). The molecular formula is C18H34N4OS. The molecule has 0 aromatic rings. The summed E-state index contributed by atoms with van der Waals surface area (Å²) in [4.78, 5) is 9.82. The SMILES string of the molecule is CC1(C)CN(C2(CN=C(N)N3CCSCC3)CCCCC2)CCO1. The third-order valence-corrected chi connectivity index (χ3v) is 6.69. The Balaban J connectivity index is 1.71. The Labute approximate surface area is 151 Å². The van der Waals surface area contributed by atoms with Crippen LogP contribution in [0.3, 0.4) is 0 Å². The van der Waals surface area contributed by atoms with Gasteiger partial charge in [0.25, 0.3) is 0 Å². The van der Waals surface area contributed by atoms with Gasteiger partial charge in [-0.15, -0.1) is 0 Å². The summed E-state index contributed by atoms with van der Waals surface area (Å²) in [5.41, 5.74) is 6.47. The smallest absolute Gasteiger partial charge is 0.191 e. The molecule has 3 aliphatic rings. The average Bonchev–Trinajstić information content (AvgIpc) is 2.60. The second-order valence-corrected chi connectivity index (χ2v) is 9.31. The average molecular weight is 355 g/mol. The number of aliphatic imine (C=N–C) groups is 1. The number of nitrogens with two attached hydrogens (primary N) is 1. The summed E-state index contributed by atoms with van der Waals surface area (Å²) in [5.74, 6) is 3.09. The summed E-state index contributed by atoms with van der Waals surface area (Å²) in [5, 5.41) is 0. The predicted molar refractivity (Wildman–Crippen MR) is 103 cm³/mol. The van der Waals surface area contributed by atoms with E-state index < -0.39 is 0 Å². The first-order valence-electron chi connectivity index (χ1n) is 9.52. The van der Waals surface area contributed by atoms with Crippen molar-refractivity contribution in [2.24, 2.45) is 10.7 Å². The van der Waals surface area contributed by atoms with E-state index >= 15 is 0 Å². The second kappa shape index (κ2) is 7.83. The van der Waals surface area contributed by atoms with E-state index in [4.69, 9.17) is 15.5 Å². The molecule has 1 aliphatic carbocycles. The van der Waals surface area contributed by atoms with Crippen LogP contribution in [0, 0.1) is 0 Å². The van der Waals surface area contributed by atoms with Gasteiger partial charge >= 0.3 is 0 Å². The van der Waals surface area contributed by atoms with Gasteiger partial charge in [-0.1, -0.05) is 19.3 Å². The number of thioether (sulfide) groups is 1. The number of hydrogen-bond acceptors (Lipinski definition) is 4. The highest BCUT2D eigenvalue weighted by Gasteiger charge is 2.42. The van der Waals surface area contributed by atoms with Gasteiger partial charge in [0.2, 0.25) is 0 Å². The molecule has 6 heteroatoms. The maximum Gasteiger partial charge on any atom is 0.191 e. The number of hydrogen-bond donors (Lipinski definition) is 1. The maximum absolute atomic E-state index is 6.33. The summed E-state index contributed by atoms with van der Waals surface area (Å²) >= 11 is 2.01. The highest BCUT2D eigenvalue weighted by Crippen LogP contribution is 2.36. The molecule has 138 valence electrons. The highest BCUT2D eigenvalue weighted by molar-refractivity contribution is 7.99. The monoisotopic (exact) mass is 354 g/mol. The van der Waals surface area contributed by atoms with E-state index in [-0.39, 0.29) is 11.1 Å². The minimum absolute atomic E-state index is 0.0535. The lowest BCUT2D eigenvalue weighted by Gasteiger charge is -2.51. The Bertz CT molecular complexity index is 442. The summed E-state index contributed by atoms with van der Waals surface area (Å²) in [6.45, 7) is 10.2. The van der Waals surface area contributed by atoms with Crippen LogP contribution in [0.2, 0.25) is 0 Å². The molecule has 2 heterocycles. The molecule has 0 amide bonds. The zero-order valence-electron chi connectivity index (χ0n) is 15.4. The Morgan fingerprint density at radius 2 is 1.83 bits per heavy atom. The molecular weight excluding hydrogens is 320 g/mol. The van der Waals surface area contributed by atoms with Gasteiger partial charge in [0.05, 0.1) is 18.8 Å². The fourth-order valence-corrected chi connectivity index (χ4v) is 5.23. The minimum atomic E-state index is -0.0535. The molecule has 0 aromatic heterocycles. The van der Waals surface area contributed by atoms with Crippen LogP contribution >= 0.6 is 11.8 Å². The Hall–Kier alpha value is -0.460. The second-order valence-electron chi connectivity index (χ2n) is 8.09. The predicted octanol–water partition coefficient (Wildman–Crippen LogP) is 2.16. The van der Waals surface area contributed by atoms with Gasteiger partial charge in [0.1, 0.15) is 0 Å². The van der Waals surface area contributed by atoms with Crippen LogP contribution in [-0.4, -0.2) is 77.7 Å². The van der Waals surface area contributed by atoms with Crippen LogP contribution in [0.4, 0.5) is 0 Å². The molecule has 2 N–H and O–H groups in total. The van der Waals surface area contributed by atoms with Gasteiger partial charge in [0, 0.05) is 43.2 Å². The highest BCUT2D eigenvalue weighted by atomic mass is 32.2. The van der Waals surface area contributed by atoms with Crippen LogP contribution in [0.15, 0.2) is 4.99 Å². The first-order chi connectivity index (χ1) is 11.5. The number of morpholine rings is 1. The fraction of sp³-hybridized carbons (Fsp3) is 0.944. The van der Waals surface area contributed by atoms with E-state index in [0.717, 1.165) is 45.3 Å². The van der Waals surface area contributed by atoms with Crippen molar-refractivity contribution >= 4 is 17.7 Å². The van der Waals surface area contributed by atoms with Crippen molar-refractivity contribution in [2.45, 2.75) is 57.1 Å². The lowest BCUT2D eigenvalue weighted by Crippen LogP contribution is -2.61. The minimum Gasteiger partial charge on any atom is -0.373 e. The molecule has 1 saturated carbocycles. The molecule has 0 atom stereocenters. The number of guanidine groups is 1. The van der Waals surface area contributed by atoms with Gasteiger partial charge in [-0.3, -0.25) is 9.89 Å². The molecule has 5 nitrogen and oxygen atoms in total. The lowest BCUT2D eigenvalue weighted by molar-refractivity contribution is -0.121. The first kappa shape index (κ1) is 18.3. The van der Waals surface area contributed by atoms with Crippen molar-refractivity contribution in [2.75, 3.05) is 50.8 Å². The largest absolute Gasteiger partial charge is 0.373 e. The van der Waals surface area contributed by atoms with E-state index in [9.17, 15) is 0 Å². The van der Waals surface area contributed by atoms with Gasteiger partial charge in [-0.25, -0.2) is 0 Å². The lowest BCUT2D eigenvalue weighted by atomic mass is 9.79. The molecule has 2 aliphatic heterocycles. The molecule has 0 bridgehead atoms. The molecule has 3 rings (SSSR count). The molecule has 0 radical (unpaired) electrons. The van der Waals surface area contributed by atoms with Crippen molar-refractivity contribution in [1.29, 1.82) is 0 Å². The van der Waals surface area contributed by atoms with E-state index in [2.05, 4.69) is 23.6 Å². The summed E-state index contributed by atoms with van der Waals surface area (Å²) < 4.78 is 5.94. The third-order valence-electron chi connectivity index (χ3n) is 5.75. The van der Waals surface area contributed by atoms with Crippen molar-refractivity contribution in [3.63, 3.8) is 0 Å². The Kier molecular flexibility index (Phi) is 5.98. The zero-order valence-corrected chi connectivity index (χ0v) is 16.2. The van der Waals surface area contributed by atoms with Crippen LogP contribution in [0.1, 0.15) is 46.0 Å². The molecule has 3 fully saturated rings. The van der Waals surface area contributed by atoms with E-state index in [1.54, 1.807) is 0 Å². The molecule has 2 saturated heterocycles. The number of nitrogens with zero attached hydrogens (tertiary/aromatic N) is 3. The fourth-order valence-electron chi connectivity index (χ4n) is 4.33. The van der Waals surface area contributed by atoms with Crippen LogP contribution in [0.25, 0.3) is 0 Å². The van der Waals surface area contributed by atoms with Crippen LogP contribution in [-0.2, 0) is 4.74 Å². The third kappa shape index (κ3) is 4.38. The normalized spacial score (nSPS) is 28.8. The summed E-state index contributed by atoms with van der Waals surface area (Å²) in [6, 6.07) is 0. The quantitative estimate of drug-likeness (QED) is 0.622. The molecule has 0 spiro atoms. The van der Waals surface area contributed by atoms with Crippen LogP contribution < -0.4 is 5.73 Å². The Morgan fingerprint density at radius 1 is 1.12 bits per heavy atom. The number of rotatable bonds is 3. The van der Waals surface area contributed by atoms with Crippen LogP contribution in [0.5, 0.6) is 0 Å². The topological polar surface area (TPSA) is 54.1 Å². The van der Waals surface area contributed by atoms with Crippen molar-refractivity contribution < 1.29 is 4.74 Å². The van der Waals surface area contributed by atoms with Gasteiger partial charge in [0.15, 0.2) is 5.96 Å². The summed E-state index contributed by atoms with van der Waals surface area (Å²) in [6.07, 6.45) is 6.48. The van der Waals surface area contributed by atoms with E-state index in [1.807, 2.05) is 11.8 Å². The van der Waals surface area contributed by atoms with Crippen molar-refractivity contribution in [1.82, 2.24) is 9.80 Å². The number of ether oxygens (including phenoxy) is 1.